The number of rotatable bonds is 5. The van der Waals surface area contributed by atoms with Crippen LogP contribution in [0, 0.1) is 5.92 Å². The molecule has 3 heterocycles. The third-order valence-corrected chi connectivity index (χ3v) is 6.94. The molecule has 0 amide bonds. The maximum Gasteiger partial charge on any atom is 0.573 e. The van der Waals surface area contributed by atoms with E-state index >= 15 is 0 Å². The third kappa shape index (κ3) is 5.07. The molecule has 0 radical (unpaired) electrons. The quantitative estimate of drug-likeness (QED) is 0.506. The van der Waals surface area contributed by atoms with Crippen molar-refractivity contribution in [1.82, 2.24) is 9.47 Å². The molecule has 1 aromatic heterocycles. The first-order valence-corrected chi connectivity index (χ1v) is 11.7. The molecule has 2 aliphatic heterocycles. The van der Waals surface area contributed by atoms with Gasteiger partial charge in [-0.3, -0.25) is 9.69 Å². The zero-order valence-corrected chi connectivity index (χ0v) is 19.8. The monoisotopic (exact) mass is 483 g/mol. The standard InChI is InChI=1S/C27H28F3N3O2/c1-31(2)22-7-3-18(4-8-22)14-32-15-19-13-21(17-32)25-12-11-24(26(34)33(25)16-19)20-5-9-23(10-6-20)35-27(28,29)30/h3-12,19,21H,13-17H2,1-2H3/t19-,21+/m0/s1. The summed E-state index contributed by atoms with van der Waals surface area (Å²) in [5.74, 6) is 0.371. The van der Waals surface area contributed by atoms with E-state index in [1.54, 1.807) is 6.07 Å². The minimum absolute atomic E-state index is 0.0885. The number of fused-ring (bicyclic) bond motifs is 4. The zero-order valence-electron chi connectivity index (χ0n) is 19.8. The number of hydrogen-bond donors (Lipinski definition) is 0. The van der Waals surface area contributed by atoms with E-state index < -0.39 is 6.36 Å². The van der Waals surface area contributed by atoms with Crippen LogP contribution in [0.15, 0.2) is 65.5 Å². The number of halogens is 3. The number of hydrogen-bond acceptors (Lipinski definition) is 4. The van der Waals surface area contributed by atoms with Gasteiger partial charge in [0.15, 0.2) is 0 Å². The SMILES string of the molecule is CN(C)c1ccc(CN2C[C@@H]3C[C@H](C2)c2ccc(-c4ccc(OC(F)(F)F)cc4)c(=O)n2C3)cc1. The molecule has 1 saturated heterocycles. The first kappa shape index (κ1) is 23.5. The van der Waals surface area contributed by atoms with Crippen LogP contribution in [0.1, 0.15) is 23.6 Å². The number of ether oxygens (including phenoxy) is 1. The summed E-state index contributed by atoms with van der Waals surface area (Å²) in [6.07, 6.45) is -3.67. The molecule has 2 aromatic carbocycles. The molecular formula is C27H28F3N3O2. The molecule has 0 unspecified atom stereocenters. The van der Waals surface area contributed by atoms with E-state index in [2.05, 4.69) is 38.8 Å². The summed E-state index contributed by atoms with van der Waals surface area (Å²) in [4.78, 5) is 17.9. The van der Waals surface area contributed by atoms with Crippen molar-refractivity contribution in [2.45, 2.75) is 31.8 Å². The third-order valence-electron chi connectivity index (χ3n) is 6.94. The summed E-state index contributed by atoms with van der Waals surface area (Å²) in [5.41, 5.74) is 4.48. The van der Waals surface area contributed by atoms with Crippen LogP contribution in [-0.2, 0) is 13.1 Å². The highest BCUT2D eigenvalue weighted by Gasteiger charge is 2.35. The van der Waals surface area contributed by atoms with Gasteiger partial charge in [0.25, 0.3) is 5.56 Å². The topological polar surface area (TPSA) is 37.7 Å². The van der Waals surface area contributed by atoms with E-state index in [1.165, 1.54) is 35.5 Å². The number of likely N-dealkylation sites (tertiary alicyclic amines) is 1. The first-order valence-electron chi connectivity index (χ1n) is 11.7. The summed E-state index contributed by atoms with van der Waals surface area (Å²) in [6, 6.07) is 17.9. The Morgan fingerprint density at radius 2 is 1.66 bits per heavy atom. The minimum atomic E-state index is -4.74. The summed E-state index contributed by atoms with van der Waals surface area (Å²) < 4.78 is 43.1. The van der Waals surface area contributed by atoms with Crippen LogP contribution in [0.4, 0.5) is 18.9 Å². The molecule has 8 heteroatoms. The highest BCUT2D eigenvalue weighted by molar-refractivity contribution is 5.63. The van der Waals surface area contributed by atoms with Crippen LogP contribution >= 0.6 is 0 Å². The fourth-order valence-electron chi connectivity index (χ4n) is 5.39. The number of alkyl halides is 3. The number of piperidine rings is 1. The largest absolute Gasteiger partial charge is 0.573 e. The van der Waals surface area contributed by atoms with E-state index in [0.717, 1.165) is 31.7 Å². The Hall–Kier alpha value is -3.26. The molecule has 2 aliphatic rings. The average Bonchev–Trinajstić information content (AvgIpc) is 2.80. The van der Waals surface area contributed by atoms with Crippen molar-refractivity contribution in [3.8, 4) is 16.9 Å². The lowest BCUT2D eigenvalue weighted by molar-refractivity contribution is -0.274. The second-order valence-electron chi connectivity index (χ2n) is 9.71. The molecule has 0 spiro atoms. The number of anilines is 1. The second-order valence-corrected chi connectivity index (χ2v) is 9.71. The van der Waals surface area contributed by atoms with Gasteiger partial charge in [-0.25, -0.2) is 0 Å². The molecule has 35 heavy (non-hydrogen) atoms. The Kier molecular flexibility index (Phi) is 6.09. The Balaban J connectivity index is 1.33. The number of aromatic nitrogens is 1. The van der Waals surface area contributed by atoms with Gasteiger partial charge in [-0.2, -0.15) is 0 Å². The molecular weight excluding hydrogens is 455 g/mol. The van der Waals surface area contributed by atoms with E-state index in [0.29, 0.717) is 23.6 Å². The summed E-state index contributed by atoms with van der Waals surface area (Å²) >= 11 is 0. The molecule has 1 fully saturated rings. The van der Waals surface area contributed by atoms with Crippen LogP contribution in [0.25, 0.3) is 11.1 Å². The van der Waals surface area contributed by atoms with E-state index in [-0.39, 0.29) is 17.2 Å². The van der Waals surface area contributed by atoms with Crippen LogP contribution in [0.3, 0.4) is 0 Å². The van der Waals surface area contributed by atoms with Crippen molar-refractivity contribution in [2.75, 3.05) is 32.1 Å². The summed E-state index contributed by atoms with van der Waals surface area (Å²) in [6.45, 7) is 3.37. The normalized spacial score (nSPS) is 19.8. The fourth-order valence-corrected chi connectivity index (χ4v) is 5.39. The molecule has 184 valence electrons. The lowest BCUT2D eigenvalue weighted by Crippen LogP contribution is -2.46. The Labute approximate surface area is 202 Å². The predicted octanol–water partition coefficient (Wildman–Crippen LogP) is 5.10. The zero-order chi connectivity index (χ0) is 24.7. The molecule has 0 aliphatic carbocycles. The first-order chi connectivity index (χ1) is 16.7. The number of benzene rings is 2. The molecule has 2 bridgehead atoms. The van der Waals surface area contributed by atoms with Gasteiger partial charge in [-0.1, -0.05) is 24.3 Å². The number of pyridine rings is 1. The number of nitrogens with zero attached hydrogens (tertiary/aromatic N) is 3. The van der Waals surface area contributed by atoms with E-state index in [9.17, 15) is 18.0 Å². The summed E-state index contributed by atoms with van der Waals surface area (Å²) in [5, 5.41) is 0. The molecule has 3 aromatic rings. The molecule has 0 saturated carbocycles. The van der Waals surface area contributed by atoms with Gasteiger partial charge < -0.3 is 14.2 Å². The lowest BCUT2D eigenvalue weighted by Gasteiger charge is -2.43. The Morgan fingerprint density at radius 3 is 2.31 bits per heavy atom. The second kappa shape index (κ2) is 9.07. The molecule has 5 rings (SSSR count). The maximum absolute atomic E-state index is 13.4. The van der Waals surface area contributed by atoms with Gasteiger partial charge in [-0.05, 0) is 59.9 Å². The van der Waals surface area contributed by atoms with Crippen LogP contribution < -0.4 is 15.2 Å². The van der Waals surface area contributed by atoms with Gasteiger partial charge in [0.1, 0.15) is 5.75 Å². The highest BCUT2D eigenvalue weighted by Crippen LogP contribution is 2.36. The Morgan fingerprint density at radius 1 is 0.943 bits per heavy atom. The smallest absolute Gasteiger partial charge is 0.406 e. The van der Waals surface area contributed by atoms with Crippen molar-refractivity contribution in [1.29, 1.82) is 0 Å². The Bertz CT molecular complexity index is 1250. The van der Waals surface area contributed by atoms with Crippen molar-refractivity contribution >= 4 is 5.69 Å². The van der Waals surface area contributed by atoms with Gasteiger partial charge in [0, 0.05) is 63.1 Å². The van der Waals surface area contributed by atoms with Gasteiger partial charge >= 0.3 is 6.36 Å². The van der Waals surface area contributed by atoms with Crippen molar-refractivity contribution in [2.24, 2.45) is 5.92 Å². The van der Waals surface area contributed by atoms with E-state index in [1.807, 2.05) is 24.7 Å². The lowest BCUT2D eigenvalue weighted by atomic mass is 9.82. The van der Waals surface area contributed by atoms with Crippen LogP contribution in [-0.4, -0.2) is 43.0 Å². The van der Waals surface area contributed by atoms with Crippen molar-refractivity contribution < 1.29 is 17.9 Å². The van der Waals surface area contributed by atoms with Gasteiger partial charge in [0.05, 0.1) is 0 Å². The molecule has 2 atom stereocenters. The minimum Gasteiger partial charge on any atom is -0.406 e. The van der Waals surface area contributed by atoms with E-state index in [4.69, 9.17) is 0 Å². The van der Waals surface area contributed by atoms with Crippen molar-refractivity contribution in [3.63, 3.8) is 0 Å². The van der Waals surface area contributed by atoms with Gasteiger partial charge in [0.2, 0.25) is 0 Å². The van der Waals surface area contributed by atoms with Gasteiger partial charge in [-0.15, -0.1) is 13.2 Å². The summed E-state index contributed by atoms with van der Waals surface area (Å²) in [7, 11) is 4.06. The molecule has 5 nitrogen and oxygen atoms in total. The fraction of sp³-hybridized carbons (Fsp3) is 0.370. The molecule has 0 N–H and O–H groups in total. The van der Waals surface area contributed by atoms with Crippen LogP contribution in [0.5, 0.6) is 5.75 Å². The van der Waals surface area contributed by atoms with Crippen LogP contribution in [0.2, 0.25) is 0 Å². The highest BCUT2D eigenvalue weighted by atomic mass is 19.4. The van der Waals surface area contributed by atoms with Crippen molar-refractivity contribution in [3.05, 3.63) is 82.3 Å². The average molecular weight is 484 g/mol. The maximum atomic E-state index is 13.4. The predicted molar refractivity (Wildman–Crippen MR) is 130 cm³/mol.